The molecule has 1 aliphatic heterocycles. The van der Waals surface area contributed by atoms with Crippen LogP contribution in [0.15, 0.2) is 18.2 Å². The molecule has 1 nitrogen and oxygen atoms in total. The minimum absolute atomic E-state index is 0.132. The van der Waals surface area contributed by atoms with Gasteiger partial charge in [0.15, 0.2) is 0 Å². The molecule has 1 saturated heterocycles. The van der Waals surface area contributed by atoms with Gasteiger partial charge in [0, 0.05) is 24.3 Å². The van der Waals surface area contributed by atoms with E-state index in [4.69, 9.17) is 0 Å². The fourth-order valence-electron chi connectivity index (χ4n) is 3.35. The maximum atomic E-state index is 13.3. The summed E-state index contributed by atoms with van der Waals surface area (Å²) in [5, 5.41) is 0. The number of hydrogen-bond donors (Lipinski definition) is 0. The zero-order valence-corrected chi connectivity index (χ0v) is 12.9. The smallest absolute Gasteiger partial charge is 0.264 e. The third-order valence-corrected chi connectivity index (χ3v) is 4.16. The molecule has 0 aromatic heterocycles. The fraction of sp³-hybridized carbons (Fsp3) is 0.647. The molecular formula is C17H25F2N. The summed E-state index contributed by atoms with van der Waals surface area (Å²) in [6.07, 6.45) is -1.17. The predicted molar refractivity (Wildman–Crippen MR) is 80.6 cm³/mol. The molecule has 20 heavy (non-hydrogen) atoms. The first-order valence-electron chi connectivity index (χ1n) is 7.55. The topological polar surface area (TPSA) is 3.24 Å². The Hall–Kier alpha value is -1.12. The van der Waals surface area contributed by atoms with Crippen LogP contribution in [0.4, 0.5) is 14.5 Å². The Morgan fingerprint density at radius 2 is 1.65 bits per heavy atom. The Morgan fingerprint density at radius 3 is 2.15 bits per heavy atom. The van der Waals surface area contributed by atoms with E-state index in [9.17, 15) is 8.78 Å². The van der Waals surface area contributed by atoms with Crippen LogP contribution >= 0.6 is 0 Å². The molecule has 2 atom stereocenters. The van der Waals surface area contributed by atoms with Crippen LogP contribution in [0.2, 0.25) is 0 Å². The van der Waals surface area contributed by atoms with Gasteiger partial charge >= 0.3 is 0 Å². The molecule has 1 aliphatic rings. The summed E-state index contributed by atoms with van der Waals surface area (Å²) in [6.45, 7) is 10.3. The van der Waals surface area contributed by atoms with Crippen molar-refractivity contribution in [2.24, 2.45) is 11.8 Å². The van der Waals surface area contributed by atoms with Crippen LogP contribution in [-0.4, -0.2) is 13.1 Å². The van der Waals surface area contributed by atoms with E-state index in [2.05, 4.69) is 18.7 Å². The zero-order chi connectivity index (χ0) is 14.9. The Balaban J connectivity index is 2.31. The number of anilines is 1. The van der Waals surface area contributed by atoms with Gasteiger partial charge in [0.1, 0.15) is 0 Å². The van der Waals surface area contributed by atoms with Gasteiger partial charge in [-0.15, -0.1) is 0 Å². The monoisotopic (exact) mass is 281 g/mol. The normalized spacial score (nSPS) is 23.7. The first kappa shape index (κ1) is 15.3. The van der Waals surface area contributed by atoms with Crippen molar-refractivity contribution >= 4 is 5.69 Å². The molecule has 2 rings (SSSR count). The van der Waals surface area contributed by atoms with Crippen LogP contribution in [-0.2, 0) is 0 Å². The van der Waals surface area contributed by atoms with Crippen molar-refractivity contribution < 1.29 is 8.78 Å². The minimum atomic E-state index is -2.40. The van der Waals surface area contributed by atoms with E-state index in [-0.39, 0.29) is 11.5 Å². The van der Waals surface area contributed by atoms with Gasteiger partial charge in [-0.05, 0) is 41.9 Å². The maximum Gasteiger partial charge on any atom is 0.264 e. The zero-order valence-electron chi connectivity index (χ0n) is 12.9. The highest BCUT2D eigenvalue weighted by Gasteiger charge is 2.24. The van der Waals surface area contributed by atoms with Gasteiger partial charge in [0.05, 0.1) is 0 Å². The van der Waals surface area contributed by atoms with E-state index in [1.165, 1.54) is 6.42 Å². The lowest BCUT2D eigenvalue weighted by Crippen LogP contribution is -2.38. The molecule has 0 aliphatic carbocycles. The summed E-state index contributed by atoms with van der Waals surface area (Å²) in [5.41, 5.74) is 1.91. The van der Waals surface area contributed by atoms with Gasteiger partial charge in [-0.3, -0.25) is 0 Å². The number of nitrogens with zero attached hydrogens (tertiary/aromatic N) is 1. The summed E-state index contributed by atoms with van der Waals surface area (Å²) in [6, 6.07) is 5.59. The highest BCUT2D eigenvalue weighted by Crippen LogP contribution is 2.34. The summed E-state index contributed by atoms with van der Waals surface area (Å²) in [5.74, 6) is 1.38. The predicted octanol–water partition coefficient (Wildman–Crippen LogP) is 5.23. The molecule has 1 aromatic rings. The molecule has 0 unspecified atom stereocenters. The van der Waals surface area contributed by atoms with Gasteiger partial charge < -0.3 is 4.90 Å². The van der Waals surface area contributed by atoms with E-state index in [0.29, 0.717) is 11.8 Å². The molecule has 112 valence electrons. The van der Waals surface area contributed by atoms with Crippen molar-refractivity contribution in [1.29, 1.82) is 0 Å². The largest absolute Gasteiger partial charge is 0.371 e. The lowest BCUT2D eigenvalue weighted by molar-refractivity contribution is 0.150. The van der Waals surface area contributed by atoms with Crippen molar-refractivity contribution in [1.82, 2.24) is 0 Å². The standard InChI is InChI=1S/C17H25F2N/c1-11(2)15-6-5-14(8-16(15)17(18)19)20-9-12(3)7-13(4)10-20/h5-6,8,11-13,17H,7,9-10H2,1-4H3/t12-,13+. The van der Waals surface area contributed by atoms with Crippen molar-refractivity contribution in [3.05, 3.63) is 29.3 Å². The second-order valence-electron chi connectivity index (χ2n) is 6.62. The van der Waals surface area contributed by atoms with Gasteiger partial charge in [-0.25, -0.2) is 8.78 Å². The summed E-state index contributed by atoms with van der Waals surface area (Å²) >= 11 is 0. The quantitative estimate of drug-likeness (QED) is 0.733. The Morgan fingerprint density at radius 1 is 1.05 bits per heavy atom. The Bertz CT molecular complexity index is 446. The van der Waals surface area contributed by atoms with Crippen molar-refractivity contribution in [2.45, 2.75) is 46.5 Å². The first-order valence-corrected chi connectivity index (χ1v) is 7.55. The lowest BCUT2D eigenvalue weighted by Gasteiger charge is -2.37. The van der Waals surface area contributed by atoms with E-state index in [1.54, 1.807) is 6.07 Å². The van der Waals surface area contributed by atoms with Crippen molar-refractivity contribution in [3.8, 4) is 0 Å². The van der Waals surface area contributed by atoms with Crippen LogP contribution < -0.4 is 4.90 Å². The Labute approximate surface area is 121 Å². The number of hydrogen-bond acceptors (Lipinski definition) is 1. The number of rotatable bonds is 3. The highest BCUT2D eigenvalue weighted by molar-refractivity contribution is 5.52. The van der Waals surface area contributed by atoms with Crippen LogP contribution in [0.1, 0.15) is 57.6 Å². The average Bonchev–Trinajstić information content (AvgIpc) is 2.36. The first-order chi connectivity index (χ1) is 9.38. The van der Waals surface area contributed by atoms with Crippen LogP contribution in [0.25, 0.3) is 0 Å². The van der Waals surface area contributed by atoms with Gasteiger partial charge in [-0.1, -0.05) is 33.8 Å². The van der Waals surface area contributed by atoms with Crippen molar-refractivity contribution in [3.63, 3.8) is 0 Å². The van der Waals surface area contributed by atoms with E-state index in [0.717, 1.165) is 24.3 Å². The minimum Gasteiger partial charge on any atom is -0.371 e. The number of alkyl halides is 2. The van der Waals surface area contributed by atoms with Gasteiger partial charge in [-0.2, -0.15) is 0 Å². The molecule has 0 radical (unpaired) electrons. The SMILES string of the molecule is CC(C)c1ccc(N2C[C@H](C)C[C@H](C)C2)cc1C(F)F. The number of benzene rings is 1. The molecule has 1 aromatic carbocycles. The maximum absolute atomic E-state index is 13.3. The van der Waals surface area contributed by atoms with Crippen LogP contribution in [0.5, 0.6) is 0 Å². The van der Waals surface area contributed by atoms with Crippen LogP contribution in [0.3, 0.4) is 0 Å². The lowest BCUT2D eigenvalue weighted by atomic mass is 9.90. The molecule has 0 spiro atoms. The highest BCUT2D eigenvalue weighted by atomic mass is 19.3. The Kier molecular flexibility index (Phi) is 4.66. The van der Waals surface area contributed by atoms with Crippen LogP contribution in [0, 0.1) is 11.8 Å². The summed E-state index contributed by atoms with van der Waals surface area (Å²) in [4.78, 5) is 2.26. The third-order valence-electron chi connectivity index (χ3n) is 4.16. The molecule has 0 bridgehead atoms. The molecule has 1 fully saturated rings. The molecule has 0 saturated carbocycles. The second-order valence-corrected chi connectivity index (χ2v) is 6.62. The molecule has 3 heteroatoms. The fourth-order valence-corrected chi connectivity index (χ4v) is 3.35. The second kappa shape index (κ2) is 6.11. The van der Waals surface area contributed by atoms with E-state index >= 15 is 0 Å². The summed E-state index contributed by atoms with van der Waals surface area (Å²) < 4.78 is 26.5. The molecule has 0 amide bonds. The van der Waals surface area contributed by atoms with Gasteiger partial charge in [0.25, 0.3) is 6.43 Å². The molecular weight excluding hydrogens is 256 g/mol. The molecule has 0 N–H and O–H groups in total. The average molecular weight is 281 g/mol. The van der Waals surface area contributed by atoms with E-state index in [1.807, 2.05) is 26.0 Å². The number of halogens is 2. The summed E-state index contributed by atoms with van der Waals surface area (Å²) in [7, 11) is 0. The number of piperidine rings is 1. The molecule has 1 heterocycles. The van der Waals surface area contributed by atoms with Crippen molar-refractivity contribution in [2.75, 3.05) is 18.0 Å². The van der Waals surface area contributed by atoms with E-state index < -0.39 is 6.43 Å². The third kappa shape index (κ3) is 3.31. The van der Waals surface area contributed by atoms with Gasteiger partial charge in [0.2, 0.25) is 0 Å².